The third kappa shape index (κ3) is 5.00. The summed E-state index contributed by atoms with van der Waals surface area (Å²) in [5, 5.41) is 11.1. The van der Waals surface area contributed by atoms with E-state index in [-0.39, 0.29) is 5.70 Å². The van der Waals surface area contributed by atoms with Crippen LogP contribution in [0.2, 0.25) is 0 Å². The molecule has 2 fully saturated rings. The Balaban J connectivity index is 2.06. The van der Waals surface area contributed by atoms with Crippen LogP contribution in [-0.2, 0) is 9.53 Å². The molecule has 1 unspecified atom stereocenters. The van der Waals surface area contributed by atoms with Gasteiger partial charge in [0, 0.05) is 32.6 Å². The molecule has 23 heavy (non-hydrogen) atoms. The Labute approximate surface area is 134 Å². The molecule has 2 saturated heterocycles. The molecule has 0 aromatic rings. The topological polar surface area (TPSA) is 114 Å². The van der Waals surface area contributed by atoms with Gasteiger partial charge in [0.1, 0.15) is 5.70 Å². The molecule has 0 aromatic carbocycles. The van der Waals surface area contributed by atoms with E-state index in [1.807, 2.05) is 7.05 Å². The lowest BCUT2D eigenvalue weighted by Crippen LogP contribution is -2.48. The van der Waals surface area contributed by atoms with E-state index in [0.29, 0.717) is 26.1 Å². The smallest absolute Gasteiger partial charge is 0.363 e. The van der Waals surface area contributed by atoms with Crippen molar-refractivity contribution >= 4 is 11.7 Å². The SMILES string of the molecule is CN1CCN(C(=O)C(N)=CC(=NC2CCCCO2)[N+](=O)[O-])CC1. The second-order valence-corrected chi connectivity index (χ2v) is 5.76. The van der Waals surface area contributed by atoms with Gasteiger partial charge in [-0.05, 0) is 29.8 Å². The number of nitro groups is 1. The minimum Gasteiger partial charge on any atom is -0.394 e. The highest BCUT2D eigenvalue weighted by atomic mass is 16.6. The van der Waals surface area contributed by atoms with Crippen LogP contribution in [0.1, 0.15) is 19.3 Å². The van der Waals surface area contributed by atoms with E-state index in [0.717, 1.165) is 32.0 Å². The number of nitrogens with zero attached hydrogens (tertiary/aromatic N) is 4. The highest BCUT2D eigenvalue weighted by Crippen LogP contribution is 2.14. The Bertz CT molecular complexity index is 505. The summed E-state index contributed by atoms with van der Waals surface area (Å²) in [5.74, 6) is -0.825. The van der Waals surface area contributed by atoms with Crippen LogP contribution in [0.3, 0.4) is 0 Å². The number of aliphatic imine (C=N–C) groups is 1. The van der Waals surface area contributed by atoms with Crippen LogP contribution in [0.15, 0.2) is 16.8 Å². The number of ether oxygens (including phenoxy) is 1. The molecule has 1 atom stereocenters. The Morgan fingerprint density at radius 2 is 2.04 bits per heavy atom. The van der Waals surface area contributed by atoms with Gasteiger partial charge in [0.15, 0.2) is 0 Å². The van der Waals surface area contributed by atoms with E-state index in [1.165, 1.54) is 0 Å². The monoisotopic (exact) mass is 325 g/mol. The van der Waals surface area contributed by atoms with Gasteiger partial charge in [-0.1, -0.05) is 0 Å². The highest BCUT2D eigenvalue weighted by Gasteiger charge is 2.25. The van der Waals surface area contributed by atoms with Gasteiger partial charge in [0.2, 0.25) is 6.23 Å². The normalized spacial score (nSPS) is 24.6. The van der Waals surface area contributed by atoms with Gasteiger partial charge in [0.05, 0.1) is 12.7 Å². The Hall–Kier alpha value is -2.00. The van der Waals surface area contributed by atoms with Gasteiger partial charge in [-0.3, -0.25) is 4.79 Å². The quantitative estimate of drug-likeness (QED) is 0.253. The van der Waals surface area contributed by atoms with Crippen molar-refractivity contribution < 1.29 is 14.5 Å². The Kier molecular flexibility index (Phi) is 6.05. The molecule has 9 nitrogen and oxygen atoms in total. The van der Waals surface area contributed by atoms with Crippen LogP contribution < -0.4 is 5.73 Å². The minimum absolute atomic E-state index is 0.166. The predicted molar refractivity (Wildman–Crippen MR) is 84.4 cm³/mol. The standard InChI is InChI=1S/C14H23N5O4/c1-17-5-7-18(8-6-17)14(20)11(15)10-12(19(21)22)16-13-4-2-3-9-23-13/h10,13H,2-9,15H2,1H3. The number of rotatable bonds is 3. The maximum Gasteiger partial charge on any atom is 0.363 e. The first-order valence-corrected chi connectivity index (χ1v) is 7.76. The van der Waals surface area contributed by atoms with Gasteiger partial charge in [-0.25, -0.2) is 0 Å². The molecule has 1 amide bonds. The first-order chi connectivity index (χ1) is 11.0. The number of likely N-dealkylation sites (N-methyl/N-ethyl adjacent to an activating group) is 1. The van der Waals surface area contributed by atoms with Crippen molar-refractivity contribution in [1.82, 2.24) is 9.80 Å². The number of carbonyl (C=O) groups is 1. The molecule has 128 valence electrons. The molecule has 0 aliphatic carbocycles. The highest BCUT2D eigenvalue weighted by molar-refractivity contribution is 5.99. The summed E-state index contributed by atoms with van der Waals surface area (Å²) < 4.78 is 5.37. The van der Waals surface area contributed by atoms with Crippen molar-refractivity contribution in [1.29, 1.82) is 0 Å². The molecule has 2 heterocycles. The molecule has 0 bridgehead atoms. The first kappa shape index (κ1) is 17.4. The number of hydrogen-bond donors (Lipinski definition) is 1. The third-order valence-electron chi connectivity index (χ3n) is 3.94. The van der Waals surface area contributed by atoms with Gasteiger partial charge in [-0.15, -0.1) is 0 Å². The summed E-state index contributed by atoms with van der Waals surface area (Å²) in [6, 6.07) is 0. The molecule has 2 rings (SSSR count). The van der Waals surface area contributed by atoms with Crippen molar-refractivity contribution in [3.05, 3.63) is 21.9 Å². The van der Waals surface area contributed by atoms with Gasteiger partial charge < -0.3 is 30.4 Å². The van der Waals surface area contributed by atoms with E-state index in [9.17, 15) is 14.9 Å². The molecule has 0 spiro atoms. The number of carbonyl (C=O) groups excluding carboxylic acids is 1. The summed E-state index contributed by atoms with van der Waals surface area (Å²) in [6.45, 7) is 3.16. The fourth-order valence-corrected chi connectivity index (χ4v) is 2.50. The summed E-state index contributed by atoms with van der Waals surface area (Å²) in [6.07, 6.45) is 2.99. The van der Waals surface area contributed by atoms with Crippen LogP contribution in [0, 0.1) is 10.1 Å². The van der Waals surface area contributed by atoms with Gasteiger partial charge in [-0.2, -0.15) is 0 Å². The van der Waals surface area contributed by atoms with E-state index in [4.69, 9.17) is 10.5 Å². The number of nitrogens with two attached hydrogens (primary N) is 1. The van der Waals surface area contributed by atoms with Crippen molar-refractivity contribution in [3.63, 3.8) is 0 Å². The van der Waals surface area contributed by atoms with Crippen molar-refractivity contribution in [3.8, 4) is 0 Å². The second kappa shape index (κ2) is 8.02. The number of amidine groups is 1. The van der Waals surface area contributed by atoms with Crippen LogP contribution in [-0.4, -0.2) is 72.5 Å². The Morgan fingerprint density at radius 1 is 1.35 bits per heavy atom. The number of amides is 1. The predicted octanol–water partition coefficient (Wildman–Crippen LogP) is -0.195. The minimum atomic E-state index is -0.637. The molecule has 0 radical (unpaired) electrons. The summed E-state index contributed by atoms with van der Waals surface area (Å²) >= 11 is 0. The fraction of sp³-hybridized carbons (Fsp3) is 0.714. The number of piperazine rings is 1. The Morgan fingerprint density at radius 3 is 2.61 bits per heavy atom. The van der Waals surface area contributed by atoms with E-state index in [2.05, 4.69) is 9.89 Å². The summed E-state index contributed by atoms with van der Waals surface area (Å²) in [7, 11) is 1.97. The van der Waals surface area contributed by atoms with Crippen molar-refractivity contribution in [2.24, 2.45) is 10.7 Å². The average molecular weight is 325 g/mol. The lowest BCUT2D eigenvalue weighted by molar-refractivity contribution is -0.349. The molecule has 9 heteroatoms. The molecule has 2 aliphatic heterocycles. The molecule has 0 saturated carbocycles. The van der Waals surface area contributed by atoms with Crippen molar-refractivity contribution in [2.75, 3.05) is 39.8 Å². The van der Waals surface area contributed by atoms with Gasteiger partial charge in [0.25, 0.3) is 5.91 Å². The van der Waals surface area contributed by atoms with Crippen LogP contribution in [0.25, 0.3) is 0 Å². The molecule has 0 aromatic heterocycles. The van der Waals surface area contributed by atoms with E-state index >= 15 is 0 Å². The second-order valence-electron chi connectivity index (χ2n) is 5.76. The average Bonchev–Trinajstić information content (AvgIpc) is 2.55. The van der Waals surface area contributed by atoms with E-state index < -0.39 is 22.9 Å². The molecule has 2 N–H and O–H groups in total. The molecule has 2 aliphatic rings. The maximum atomic E-state index is 12.3. The lowest BCUT2D eigenvalue weighted by Gasteiger charge is -2.32. The zero-order valence-electron chi connectivity index (χ0n) is 13.3. The van der Waals surface area contributed by atoms with Crippen LogP contribution in [0.5, 0.6) is 0 Å². The fourth-order valence-electron chi connectivity index (χ4n) is 2.50. The first-order valence-electron chi connectivity index (χ1n) is 7.76. The summed E-state index contributed by atoms with van der Waals surface area (Å²) in [4.78, 5) is 30.4. The lowest BCUT2D eigenvalue weighted by atomic mass is 10.2. The van der Waals surface area contributed by atoms with Gasteiger partial charge >= 0.3 is 5.84 Å². The van der Waals surface area contributed by atoms with Crippen LogP contribution >= 0.6 is 0 Å². The molecular formula is C14H23N5O4. The van der Waals surface area contributed by atoms with E-state index in [1.54, 1.807) is 4.90 Å². The largest absolute Gasteiger partial charge is 0.394 e. The zero-order chi connectivity index (χ0) is 16.8. The summed E-state index contributed by atoms with van der Waals surface area (Å²) in [5.41, 5.74) is 5.59. The van der Waals surface area contributed by atoms with Crippen LogP contribution in [0.4, 0.5) is 0 Å². The maximum absolute atomic E-state index is 12.3. The van der Waals surface area contributed by atoms with Crippen molar-refractivity contribution in [2.45, 2.75) is 25.5 Å². The zero-order valence-corrected chi connectivity index (χ0v) is 13.3. The number of hydrogen-bond acceptors (Lipinski definition) is 7. The molecular weight excluding hydrogens is 302 g/mol. The third-order valence-corrected chi connectivity index (χ3v) is 3.94.